The van der Waals surface area contributed by atoms with Crippen molar-refractivity contribution >= 4 is 60.3 Å². The van der Waals surface area contributed by atoms with E-state index in [1.54, 1.807) is 0 Å². The smallest absolute Gasteiger partial charge is 0.0971 e. The van der Waals surface area contributed by atoms with Gasteiger partial charge < -0.3 is 10.2 Å². The molecule has 0 unspecified atom stereocenters. The Morgan fingerprint density at radius 3 is 2.25 bits per heavy atom. The zero-order valence-corrected chi connectivity index (χ0v) is 20.5. The summed E-state index contributed by atoms with van der Waals surface area (Å²) in [6.45, 7) is 0.879. The van der Waals surface area contributed by atoms with Crippen LogP contribution in [0.5, 0.6) is 0 Å². The number of nitrogens with zero attached hydrogens (tertiary/aromatic N) is 1. The van der Waals surface area contributed by atoms with E-state index in [2.05, 4.69) is 138 Å². The molecule has 0 radical (unpaired) electrons. The number of hydrogen-bond acceptors (Lipinski definition) is 3. The largest absolute Gasteiger partial charge is 0.373 e. The fourth-order valence-corrected chi connectivity index (χ4v) is 6.30. The van der Waals surface area contributed by atoms with Gasteiger partial charge in [0, 0.05) is 28.9 Å². The highest BCUT2D eigenvalue weighted by molar-refractivity contribution is 7.23. The molecule has 6 aromatic rings. The van der Waals surface area contributed by atoms with Gasteiger partial charge in [-0.15, -0.1) is 11.3 Å². The van der Waals surface area contributed by atoms with E-state index in [1.165, 1.54) is 48.2 Å². The molecule has 1 N–H and O–H groups in total. The molecule has 0 bridgehead atoms. The Balaban J connectivity index is 1.43. The van der Waals surface area contributed by atoms with Gasteiger partial charge in [-0.25, -0.2) is 0 Å². The standard InChI is InChI=1S/C33H24N2S/c1-2-8-23(9-3-1)25-15-18-27(19-16-25)35(28-20-17-24-10-4-5-11-26(24)22-28)31-14-6-12-29-30-13-7-21-34-33(30)36-32(29)31/h1-20,22,34H,21H2. The van der Waals surface area contributed by atoms with Crippen LogP contribution in [-0.2, 0) is 0 Å². The van der Waals surface area contributed by atoms with Gasteiger partial charge in [0.1, 0.15) is 0 Å². The maximum atomic E-state index is 3.56. The molecule has 2 nitrogen and oxygen atoms in total. The minimum atomic E-state index is 0.879. The van der Waals surface area contributed by atoms with Crippen LogP contribution < -0.4 is 10.2 Å². The molecule has 5 aromatic carbocycles. The van der Waals surface area contributed by atoms with Gasteiger partial charge in [-0.3, -0.25) is 0 Å². The zero-order chi connectivity index (χ0) is 23.9. The number of rotatable bonds is 4. The van der Waals surface area contributed by atoms with Crippen LogP contribution in [0, 0.1) is 0 Å². The van der Waals surface area contributed by atoms with Crippen molar-refractivity contribution in [2.75, 3.05) is 16.8 Å². The van der Waals surface area contributed by atoms with E-state index in [0.717, 1.165) is 17.9 Å². The van der Waals surface area contributed by atoms with Crippen molar-refractivity contribution < 1.29 is 0 Å². The van der Waals surface area contributed by atoms with Crippen LogP contribution in [0.15, 0.2) is 121 Å². The van der Waals surface area contributed by atoms with Crippen molar-refractivity contribution in [3.63, 3.8) is 0 Å². The van der Waals surface area contributed by atoms with E-state index in [9.17, 15) is 0 Å². The fourth-order valence-electron chi connectivity index (χ4n) is 5.10. The summed E-state index contributed by atoms with van der Waals surface area (Å²) >= 11 is 1.84. The first-order chi connectivity index (χ1) is 17.8. The maximum absolute atomic E-state index is 3.56. The van der Waals surface area contributed by atoms with E-state index >= 15 is 0 Å². The average Bonchev–Trinajstić information content (AvgIpc) is 3.34. The summed E-state index contributed by atoms with van der Waals surface area (Å²) in [4.78, 5) is 2.40. The Labute approximate surface area is 214 Å². The highest BCUT2D eigenvalue weighted by atomic mass is 32.1. The van der Waals surface area contributed by atoms with Crippen LogP contribution in [0.25, 0.3) is 38.1 Å². The molecule has 3 heteroatoms. The van der Waals surface area contributed by atoms with Crippen LogP contribution >= 0.6 is 11.3 Å². The summed E-state index contributed by atoms with van der Waals surface area (Å²) in [6.07, 6.45) is 4.45. The first-order valence-corrected chi connectivity index (χ1v) is 13.1. The van der Waals surface area contributed by atoms with Crippen molar-refractivity contribution in [2.45, 2.75) is 0 Å². The van der Waals surface area contributed by atoms with Gasteiger partial charge >= 0.3 is 0 Å². The van der Waals surface area contributed by atoms with Gasteiger partial charge in [0.2, 0.25) is 0 Å². The number of fused-ring (bicyclic) bond motifs is 4. The van der Waals surface area contributed by atoms with Crippen molar-refractivity contribution in [1.29, 1.82) is 0 Å². The molecule has 1 aliphatic heterocycles. The summed E-state index contributed by atoms with van der Waals surface area (Å²) in [5, 5.41) is 8.59. The zero-order valence-electron chi connectivity index (χ0n) is 19.7. The van der Waals surface area contributed by atoms with E-state index in [-0.39, 0.29) is 0 Å². The third-order valence-electron chi connectivity index (χ3n) is 6.86. The second kappa shape index (κ2) is 8.71. The van der Waals surface area contributed by atoms with E-state index < -0.39 is 0 Å². The average molecular weight is 481 g/mol. The lowest BCUT2D eigenvalue weighted by atomic mass is 10.0. The molecule has 0 amide bonds. The minimum absolute atomic E-state index is 0.879. The molecule has 7 rings (SSSR count). The highest BCUT2D eigenvalue weighted by Gasteiger charge is 2.20. The van der Waals surface area contributed by atoms with Gasteiger partial charge in [-0.1, -0.05) is 97.1 Å². The SMILES string of the molecule is C1=Cc2c(sc3c(N(c4ccc(-c5ccccc5)cc4)c4ccc5ccccc5c4)cccc23)NC1. The lowest BCUT2D eigenvalue weighted by Crippen LogP contribution is -2.10. The van der Waals surface area contributed by atoms with Crippen molar-refractivity contribution in [3.05, 3.63) is 127 Å². The second-order valence-electron chi connectivity index (χ2n) is 9.06. The Kier molecular flexibility index (Phi) is 5.07. The summed E-state index contributed by atoms with van der Waals surface area (Å²) in [5.74, 6) is 0. The second-order valence-corrected chi connectivity index (χ2v) is 10.1. The Morgan fingerprint density at radius 2 is 1.39 bits per heavy atom. The topological polar surface area (TPSA) is 15.3 Å². The molecule has 0 aliphatic carbocycles. The van der Waals surface area contributed by atoms with Crippen LogP contribution in [0.2, 0.25) is 0 Å². The lowest BCUT2D eigenvalue weighted by molar-refractivity contribution is 1.31. The molecular weight excluding hydrogens is 456 g/mol. The number of benzene rings is 5. The fraction of sp³-hybridized carbons (Fsp3) is 0.0303. The van der Waals surface area contributed by atoms with Crippen molar-refractivity contribution in [1.82, 2.24) is 0 Å². The van der Waals surface area contributed by atoms with Gasteiger partial charge in [0.15, 0.2) is 0 Å². The summed E-state index contributed by atoms with van der Waals surface area (Å²) in [6, 6.07) is 41.5. The van der Waals surface area contributed by atoms with Gasteiger partial charge in [-0.05, 0) is 52.2 Å². The number of nitrogens with one attached hydrogen (secondary N) is 1. The van der Waals surface area contributed by atoms with Crippen LogP contribution in [0.3, 0.4) is 0 Å². The molecule has 1 aliphatic rings. The van der Waals surface area contributed by atoms with E-state index in [4.69, 9.17) is 0 Å². The van der Waals surface area contributed by atoms with Gasteiger partial charge in [0.25, 0.3) is 0 Å². The summed E-state index contributed by atoms with van der Waals surface area (Å²) < 4.78 is 1.29. The van der Waals surface area contributed by atoms with Crippen LogP contribution in [-0.4, -0.2) is 6.54 Å². The van der Waals surface area contributed by atoms with E-state index in [0.29, 0.717) is 0 Å². The van der Waals surface area contributed by atoms with Crippen LogP contribution in [0.4, 0.5) is 22.1 Å². The van der Waals surface area contributed by atoms with Crippen molar-refractivity contribution in [3.8, 4) is 11.1 Å². The predicted octanol–water partition coefficient (Wildman–Crippen LogP) is 9.63. The summed E-state index contributed by atoms with van der Waals surface area (Å²) in [7, 11) is 0. The Hall–Kier alpha value is -4.34. The maximum Gasteiger partial charge on any atom is 0.0971 e. The first kappa shape index (κ1) is 21.0. The molecule has 1 aromatic heterocycles. The summed E-state index contributed by atoms with van der Waals surface area (Å²) in [5.41, 5.74) is 7.24. The molecule has 2 heterocycles. The number of hydrogen-bond donors (Lipinski definition) is 1. The molecule has 0 saturated carbocycles. The molecule has 172 valence electrons. The molecule has 0 saturated heterocycles. The number of thiophene rings is 1. The normalized spacial score (nSPS) is 12.4. The minimum Gasteiger partial charge on any atom is -0.373 e. The Bertz CT molecular complexity index is 1730. The third-order valence-corrected chi connectivity index (χ3v) is 8.06. The quantitative estimate of drug-likeness (QED) is 0.270. The van der Waals surface area contributed by atoms with Gasteiger partial charge in [-0.2, -0.15) is 0 Å². The first-order valence-electron chi connectivity index (χ1n) is 12.3. The molecule has 0 fully saturated rings. The lowest BCUT2D eigenvalue weighted by Gasteiger charge is -2.26. The Morgan fingerprint density at radius 1 is 0.639 bits per heavy atom. The van der Waals surface area contributed by atoms with Gasteiger partial charge in [0.05, 0.1) is 15.4 Å². The predicted molar refractivity (Wildman–Crippen MR) is 157 cm³/mol. The highest BCUT2D eigenvalue weighted by Crippen LogP contribution is 2.47. The molecule has 36 heavy (non-hydrogen) atoms. The van der Waals surface area contributed by atoms with Crippen LogP contribution in [0.1, 0.15) is 5.56 Å². The molecular formula is C33H24N2S. The number of anilines is 4. The van der Waals surface area contributed by atoms with E-state index in [1.807, 2.05) is 11.3 Å². The van der Waals surface area contributed by atoms with Crippen molar-refractivity contribution in [2.24, 2.45) is 0 Å². The molecule has 0 atom stereocenters. The third kappa shape index (κ3) is 3.57. The monoisotopic (exact) mass is 480 g/mol. The molecule has 0 spiro atoms.